The van der Waals surface area contributed by atoms with Crippen molar-refractivity contribution in [2.45, 2.75) is 45.6 Å². The van der Waals surface area contributed by atoms with E-state index in [1.165, 1.54) is 5.56 Å². The summed E-state index contributed by atoms with van der Waals surface area (Å²) >= 11 is 0. The summed E-state index contributed by atoms with van der Waals surface area (Å²) in [6.45, 7) is 5.94. The molecule has 1 rings (SSSR count). The number of carbonyl (C=O) groups is 2. The fourth-order valence-electron chi connectivity index (χ4n) is 1.89. The van der Waals surface area contributed by atoms with Gasteiger partial charge in [0, 0.05) is 5.69 Å². The van der Waals surface area contributed by atoms with Crippen LogP contribution in [0.4, 0.5) is 5.69 Å². The number of carbonyl (C=O) groups excluding carboxylic acids is 1. The second kappa shape index (κ2) is 12.8. The molecule has 0 heterocycles. The number of nitriles is 1. The Morgan fingerprint density at radius 2 is 1.96 bits per heavy atom. The van der Waals surface area contributed by atoms with Gasteiger partial charge >= 0.3 is 11.9 Å². The molecule has 0 saturated heterocycles. The van der Waals surface area contributed by atoms with E-state index in [9.17, 15) is 9.59 Å². The number of esters is 1. The van der Waals surface area contributed by atoms with Gasteiger partial charge in [0.1, 0.15) is 12.6 Å². The predicted molar refractivity (Wildman–Crippen MR) is 96.1 cm³/mol. The lowest BCUT2D eigenvalue weighted by Gasteiger charge is -2.19. The van der Waals surface area contributed by atoms with Crippen molar-refractivity contribution in [1.82, 2.24) is 0 Å². The van der Waals surface area contributed by atoms with Crippen molar-refractivity contribution in [3.05, 3.63) is 29.8 Å². The van der Waals surface area contributed by atoms with E-state index in [0.29, 0.717) is 5.92 Å². The Morgan fingerprint density at radius 1 is 1.36 bits per heavy atom. The quantitative estimate of drug-likeness (QED) is 0.486. The molecule has 1 aromatic rings. The third kappa shape index (κ3) is 9.33. The number of rotatable bonds is 8. The van der Waals surface area contributed by atoms with E-state index in [1.807, 2.05) is 24.3 Å². The van der Waals surface area contributed by atoms with Gasteiger partial charge in [-0.3, -0.25) is 4.79 Å². The highest BCUT2D eigenvalue weighted by atomic mass is 16.5. The van der Waals surface area contributed by atoms with E-state index >= 15 is 0 Å². The van der Waals surface area contributed by atoms with Crippen LogP contribution in [0.25, 0.3) is 0 Å². The lowest BCUT2D eigenvalue weighted by molar-refractivity contribution is -0.144. The summed E-state index contributed by atoms with van der Waals surface area (Å²) < 4.78 is 5.02. The lowest BCUT2D eigenvalue weighted by atomic mass is 9.96. The standard InChI is InChI=1S/C16H22N2O2.C2H5NO2/c1-4-12(2)14-8-5-6-9-15(14)18-13(3)16(19)20-11-7-10-17;3-1-2(4)5/h5-6,8-9,12-13,18H,4,7,11H2,1-3H3;1,3H2,(H,4,5)/t12?,13-;/m0./s1. The normalized spacial score (nSPS) is 12.0. The van der Waals surface area contributed by atoms with Gasteiger partial charge in [-0.15, -0.1) is 0 Å². The molecular formula is C18H27N3O4. The van der Waals surface area contributed by atoms with E-state index < -0.39 is 12.0 Å². The summed E-state index contributed by atoms with van der Waals surface area (Å²) in [5, 5.41) is 19.2. The molecule has 0 aliphatic carbocycles. The summed E-state index contributed by atoms with van der Waals surface area (Å²) in [5.74, 6) is -0.871. The first-order valence-electron chi connectivity index (χ1n) is 8.18. The summed E-state index contributed by atoms with van der Waals surface area (Å²) in [6.07, 6.45) is 1.27. The first kappa shape index (κ1) is 22.4. The number of nitrogens with one attached hydrogen (secondary N) is 1. The number of anilines is 1. The molecule has 0 aliphatic rings. The number of hydrogen-bond donors (Lipinski definition) is 3. The van der Waals surface area contributed by atoms with Crippen LogP contribution in [0.1, 0.15) is 45.1 Å². The van der Waals surface area contributed by atoms with Gasteiger partial charge in [-0.05, 0) is 30.9 Å². The minimum atomic E-state index is -0.968. The average molecular weight is 349 g/mol. The van der Waals surface area contributed by atoms with Gasteiger partial charge in [-0.1, -0.05) is 32.0 Å². The van der Waals surface area contributed by atoms with Crippen molar-refractivity contribution in [2.24, 2.45) is 5.73 Å². The van der Waals surface area contributed by atoms with E-state index in [1.54, 1.807) is 6.92 Å². The number of aliphatic carboxylic acids is 1. The van der Waals surface area contributed by atoms with Crippen LogP contribution >= 0.6 is 0 Å². The molecule has 0 aliphatic heterocycles. The molecule has 0 amide bonds. The van der Waals surface area contributed by atoms with Crippen LogP contribution < -0.4 is 11.1 Å². The molecule has 0 spiro atoms. The molecule has 0 bridgehead atoms. The second-order valence-corrected chi connectivity index (χ2v) is 5.44. The Labute approximate surface area is 148 Å². The number of carboxylic acid groups (broad SMARTS) is 1. The molecule has 0 aromatic heterocycles. The minimum Gasteiger partial charge on any atom is -0.480 e. The first-order chi connectivity index (χ1) is 11.9. The topological polar surface area (TPSA) is 125 Å². The largest absolute Gasteiger partial charge is 0.480 e. The van der Waals surface area contributed by atoms with E-state index in [0.717, 1.165) is 12.1 Å². The Hall–Kier alpha value is -2.59. The molecule has 138 valence electrons. The molecule has 2 atom stereocenters. The zero-order chi connectivity index (χ0) is 19.2. The first-order valence-corrected chi connectivity index (χ1v) is 8.18. The van der Waals surface area contributed by atoms with Crippen molar-refractivity contribution in [3.63, 3.8) is 0 Å². The van der Waals surface area contributed by atoms with Crippen molar-refractivity contribution < 1.29 is 19.4 Å². The molecule has 25 heavy (non-hydrogen) atoms. The molecule has 0 saturated carbocycles. The Bertz CT molecular complexity index is 584. The molecule has 7 nitrogen and oxygen atoms in total. The summed E-state index contributed by atoms with van der Waals surface area (Å²) in [5.41, 5.74) is 6.74. The molecule has 0 fully saturated rings. The SMILES string of the molecule is CCC(C)c1ccccc1N[C@@H](C)C(=O)OCCC#N.NCC(=O)O. The molecular weight excluding hydrogens is 322 g/mol. The van der Waals surface area contributed by atoms with Gasteiger partial charge in [0.25, 0.3) is 0 Å². The van der Waals surface area contributed by atoms with Gasteiger partial charge in [-0.2, -0.15) is 5.26 Å². The van der Waals surface area contributed by atoms with Crippen molar-refractivity contribution >= 4 is 17.6 Å². The molecule has 4 N–H and O–H groups in total. The zero-order valence-electron chi connectivity index (χ0n) is 15.0. The maximum Gasteiger partial charge on any atom is 0.328 e. The number of benzene rings is 1. The average Bonchev–Trinajstić information content (AvgIpc) is 2.62. The van der Waals surface area contributed by atoms with Gasteiger partial charge in [0.2, 0.25) is 0 Å². The van der Waals surface area contributed by atoms with E-state index in [2.05, 4.69) is 31.0 Å². The zero-order valence-corrected chi connectivity index (χ0v) is 15.0. The number of carboxylic acids is 1. The summed E-state index contributed by atoms with van der Waals surface area (Å²) in [6, 6.07) is 9.51. The van der Waals surface area contributed by atoms with Crippen LogP contribution in [-0.2, 0) is 14.3 Å². The number of hydrogen-bond acceptors (Lipinski definition) is 6. The number of nitrogens with zero attached hydrogens (tertiary/aromatic N) is 1. The molecule has 1 aromatic carbocycles. The summed E-state index contributed by atoms with van der Waals surface area (Å²) in [4.78, 5) is 21.0. The van der Waals surface area contributed by atoms with Crippen LogP contribution in [0.2, 0.25) is 0 Å². The number of para-hydroxylation sites is 1. The van der Waals surface area contributed by atoms with Crippen LogP contribution in [0.15, 0.2) is 24.3 Å². The third-order valence-electron chi connectivity index (χ3n) is 3.46. The molecule has 1 unspecified atom stereocenters. The lowest BCUT2D eigenvalue weighted by Crippen LogP contribution is -2.29. The van der Waals surface area contributed by atoms with Crippen LogP contribution in [0.5, 0.6) is 0 Å². The third-order valence-corrected chi connectivity index (χ3v) is 3.46. The summed E-state index contributed by atoms with van der Waals surface area (Å²) in [7, 11) is 0. The van der Waals surface area contributed by atoms with Crippen LogP contribution in [-0.4, -0.2) is 36.2 Å². The second-order valence-electron chi connectivity index (χ2n) is 5.44. The fraction of sp³-hybridized carbons (Fsp3) is 0.500. The Balaban J connectivity index is 0.00000101. The molecule has 7 heteroatoms. The monoisotopic (exact) mass is 349 g/mol. The predicted octanol–water partition coefficient (Wildman–Crippen LogP) is 2.49. The van der Waals surface area contributed by atoms with Crippen LogP contribution in [0, 0.1) is 11.3 Å². The number of ether oxygens (including phenoxy) is 1. The number of nitrogens with two attached hydrogens (primary N) is 1. The van der Waals surface area contributed by atoms with Gasteiger partial charge in [-0.25, -0.2) is 4.79 Å². The minimum absolute atomic E-state index is 0.147. The highest BCUT2D eigenvalue weighted by Crippen LogP contribution is 2.26. The highest BCUT2D eigenvalue weighted by molar-refractivity contribution is 5.79. The fourth-order valence-corrected chi connectivity index (χ4v) is 1.89. The van der Waals surface area contributed by atoms with Crippen LogP contribution in [0.3, 0.4) is 0 Å². The maximum absolute atomic E-state index is 11.8. The van der Waals surface area contributed by atoms with Gasteiger partial charge in [0.15, 0.2) is 0 Å². The van der Waals surface area contributed by atoms with E-state index in [4.69, 9.17) is 15.1 Å². The molecule has 0 radical (unpaired) electrons. The van der Waals surface area contributed by atoms with E-state index in [-0.39, 0.29) is 25.5 Å². The Morgan fingerprint density at radius 3 is 2.48 bits per heavy atom. The van der Waals surface area contributed by atoms with Crippen molar-refractivity contribution in [3.8, 4) is 6.07 Å². The Kier molecular flexibility index (Phi) is 11.5. The smallest absolute Gasteiger partial charge is 0.328 e. The van der Waals surface area contributed by atoms with Crippen molar-refractivity contribution in [1.29, 1.82) is 5.26 Å². The highest BCUT2D eigenvalue weighted by Gasteiger charge is 2.16. The van der Waals surface area contributed by atoms with Gasteiger partial charge in [0.05, 0.1) is 19.0 Å². The maximum atomic E-state index is 11.8. The van der Waals surface area contributed by atoms with Gasteiger partial charge < -0.3 is 20.9 Å². The van der Waals surface area contributed by atoms with Crippen molar-refractivity contribution in [2.75, 3.05) is 18.5 Å².